The molecule has 2 aromatic heterocycles. The number of fused-ring (bicyclic) bond motifs is 2. The molecule has 0 N–H and O–H groups in total. The molecule has 0 saturated heterocycles. The van der Waals surface area contributed by atoms with Crippen molar-refractivity contribution in [1.82, 2.24) is 9.55 Å². The largest absolute Gasteiger partial charge is 0.464 e. The van der Waals surface area contributed by atoms with E-state index >= 15 is 0 Å². The molecule has 0 radical (unpaired) electrons. The summed E-state index contributed by atoms with van der Waals surface area (Å²) in [6, 6.07) is 21.9. The Kier molecular flexibility index (Phi) is 5.52. The number of para-hydroxylation sites is 3. The van der Waals surface area contributed by atoms with E-state index in [0.717, 1.165) is 33.4 Å². The molecule has 0 fully saturated rings. The number of rotatable bonds is 5. The first-order valence-corrected chi connectivity index (χ1v) is 15.8. The van der Waals surface area contributed by atoms with E-state index in [2.05, 4.69) is 113 Å². The molecular weight excluding hydrogens is 432 g/mol. The fourth-order valence-electron chi connectivity index (χ4n) is 4.87. The summed E-state index contributed by atoms with van der Waals surface area (Å²) >= 11 is 0. The molecule has 0 amide bonds. The fraction of sp³-hybridized carbons (Fsp3) is 0.300. The third-order valence-electron chi connectivity index (χ3n) is 6.81. The van der Waals surface area contributed by atoms with E-state index in [4.69, 9.17) is 9.40 Å². The molecular formula is C30H34N2OSi. The monoisotopic (exact) mass is 466 g/mol. The molecule has 5 rings (SSSR count). The van der Waals surface area contributed by atoms with Gasteiger partial charge in [-0.1, -0.05) is 95.0 Å². The Hall–Kier alpha value is -3.11. The Labute approximate surface area is 203 Å². The van der Waals surface area contributed by atoms with Crippen LogP contribution in [-0.2, 0) is 0 Å². The Morgan fingerprint density at radius 1 is 0.824 bits per heavy atom. The van der Waals surface area contributed by atoms with Gasteiger partial charge in [-0.15, -0.1) is 0 Å². The van der Waals surface area contributed by atoms with Crippen LogP contribution in [0.15, 0.2) is 71.3 Å². The van der Waals surface area contributed by atoms with Crippen LogP contribution >= 0.6 is 0 Å². The molecule has 4 heteroatoms. The highest BCUT2D eigenvalue weighted by Gasteiger charge is 2.25. The summed E-state index contributed by atoms with van der Waals surface area (Å²) in [5, 5.41) is 2.57. The zero-order valence-electron chi connectivity index (χ0n) is 21.3. The number of nitrogens with zero attached hydrogens (tertiary/aromatic N) is 2. The summed E-state index contributed by atoms with van der Waals surface area (Å²) < 4.78 is 8.46. The maximum absolute atomic E-state index is 6.08. The molecule has 3 aromatic carbocycles. The lowest BCUT2D eigenvalue weighted by Crippen LogP contribution is -2.37. The summed E-state index contributed by atoms with van der Waals surface area (Å²) in [6.45, 7) is 16.2. The number of hydrogen-bond acceptors (Lipinski definition) is 2. The second-order valence-corrected chi connectivity index (χ2v) is 16.0. The van der Waals surface area contributed by atoms with Gasteiger partial charge in [0.15, 0.2) is 0 Å². The van der Waals surface area contributed by atoms with Crippen molar-refractivity contribution in [3.63, 3.8) is 0 Å². The summed E-state index contributed by atoms with van der Waals surface area (Å²) in [5.41, 5.74) is 8.03. The minimum atomic E-state index is -1.47. The van der Waals surface area contributed by atoms with E-state index in [0.29, 0.717) is 11.8 Å². The van der Waals surface area contributed by atoms with Gasteiger partial charge in [-0.25, -0.2) is 4.98 Å². The third-order valence-corrected chi connectivity index (χ3v) is 8.85. The van der Waals surface area contributed by atoms with Crippen molar-refractivity contribution < 1.29 is 4.42 Å². The Morgan fingerprint density at radius 2 is 1.50 bits per heavy atom. The molecule has 0 saturated carbocycles. The molecule has 174 valence electrons. The first-order chi connectivity index (χ1) is 16.2. The van der Waals surface area contributed by atoms with E-state index in [1.807, 2.05) is 6.26 Å². The van der Waals surface area contributed by atoms with Crippen molar-refractivity contribution in [2.75, 3.05) is 0 Å². The normalized spacial score (nSPS) is 12.5. The van der Waals surface area contributed by atoms with Crippen LogP contribution in [0.4, 0.5) is 0 Å². The van der Waals surface area contributed by atoms with Gasteiger partial charge in [0.25, 0.3) is 0 Å². The van der Waals surface area contributed by atoms with Crippen molar-refractivity contribution in [2.24, 2.45) is 0 Å². The zero-order chi connectivity index (χ0) is 24.2. The molecule has 0 unspecified atom stereocenters. The van der Waals surface area contributed by atoms with E-state index in [1.165, 1.54) is 22.0 Å². The van der Waals surface area contributed by atoms with Crippen LogP contribution in [0.3, 0.4) is 0 Å². The van der Waals surface area contributed by atoms with Crippen molar-refractivity contribution in [3.05, 3.63) is 78.1 Å². The first-order valence-electron chi connectivity index (χ1n) is 12.3. The van der Waals surface area contributed by atoms with E-state index in [1.54, 1.807) is 0 Å². The van der Waals surface area contributed by atoms with E-state index < -0.39 is 8.07 Å². The maximum atomic E-state index is 6.08. The molecule has 0 aliphatic rings. The Bertz CT molecular complexity index is 1470. The highest BCUT2D eigenvalue weighted by molar-refractivity contribution is 6.88. The molecule has 0 aliphatic carbocycles. The molecule has 5 aromatic rings. The van der Waals surface area contributed by atoms with Crippen LogP contribution in [0.5, 0.6) is 0 Å². The summed E-state index contributed by atoms with van der Waals surface area (Å²) in [7, 11) is -1.47. The number of aromatic nitrogens is 2. The number of imidazole rings is 1. The number of benzene rings is 3. The molecule has 0 spiro atoms. The molecule has 34 heavy (non-hydrogen) atoms. The quantitative estimate of drug-likeness (QED) is 0.244. The third kappa shape index (κ3) is 3.70. The Balaban J connectivity index is 1.90. The van der Waals surface area contributed by atoms with Gasteiger partial charge in [-0.05, 0) is 41.2 Å². The van der Waals surface area contributed by atoms with Gasteiger partial charge in [0.1, 0.15) is 17.7 Å². The van der Waals surface area contributed by atoms with E-state index in [9.17, 15) is 0 Å². The van der Waals surface area contributed by atoms with Crippen LogP contribution in [0.1, 0.15) is 50.7 Å². The van der Waals surface area contributed by atoms with Crippen LogP contribution in [0, 0.1) is 0 Å². The molecule has 3 nitrogen and oxygen atoms in total. The molecule has 2 heterocycles. The van der Waals surface area contributed by atoms with Gasteiger partial charge < -0.3 is 4.42 Å². The van der Waals surface area contributed by atoms with Crippen LogP contribution < -0.4 is 5.19 Å². The first kappa shape index (κ1) is 22.7. The number of hydrogen-bond donors (Lipinski definition) is 0. The zero-order valence-corrected chi connectivity index (χ0v) is 22.3. The van der Waals surface area contributed by atoms with Crippen LogP contribution in [0.25, 0.3) is 39.1 Å². The summed E-state index contributed by atoms with van der Waals surface area (Å²) in [4.78, 5) is 5.19. The predicted molar refractivity (Wildman–Crippen MR) is 147 cm³/mol. The van der Waals surface area contributed by atoms with Gasteiger partial charge in [-0.3, -0.25) is 4.57 Å². The molecule has 0 bridgehead atoms. The fourth-order valence-corrected chi connectivity index (χ4v) is 6.03. The summed E-state index contributed by atoms with van der Waals surface area (Å²) in [6.07, 6.45) is 1.89. The van der Waals surface area contributed by atoms with Gasteiger partial charge in [0.05, 0.1) is 30.4 Å². The second kappa shape index (κ2) is 8.28. The van der Waals surface area contributed by atoms with Crippen LogP contribution in [-0.4, -0.2) is 17.6 Å². The van der Waals surface area contributed by atoms with Crippen molar-refractivity contribution in [2.45, 2.75) is 59.2 Å². The standard InChI is InChI=1S/C30H34N2OSi/c1-19(2)22-11-10-12-23(20(3)4)29(22)32-27-14-9-8-13-26(27)31-30(32)25-18-33-28-16-15-21(17-24(25)28)34(5,6)7/h8-20H,1-7H3. The minimum Gasteiger partial charge on any atom is -0.464 e. The second-order valence-electron chi connectivity index (χ2n) is 11.0. The summed E-state index contributed by atoms with van der Waals surface area (Å²) in [5.74, 6) is 1.73. The smallest absolute Gasteiger partial charge is 0.149 e. The lowest BCUT2D eigenvalue weighted by molar-refractivity contribution is 0.616. The lowest BCUT2D eigenvalue weighted by atomic mass is 9.92. The average molecular weight is 467 g/mol. The molecule has 0 aliphatic heterocycles. The lowest BCUT2D eigenvalue weighted by Gasteiger charge is -2.22. The maximum Gasteiger partial charge on any atom is 0.149 e. The van der Waals surface area contributed by atoms with Crippen molar-refractivity contribution >= 4 is 35.3 Å². The molecule has 0 atom stereocenters. The van der Waals surface area contributed by atoms with Gasteiger partial charge in [0.2, 0.25) is 0 Å². The minimum absolute atomic E-state index is 0.391. The number of furan rings is 1. The van der Waals surface area contributed by atoms with Crippen LogP contribution in [0.2, 0.25) is 19.6 Å². The topological polar surface area (TPSA) is 31.0 Å². The SMILES string of the molecule is CC(C)c1cccc(C(C)C)c1-n1c(-c2coc3ccc([Si](C)(C)C)cc23)nc2ccccc21. The average Bonchev–Trinajstić information content (AvgIpc) is 3.38. The van der Waals surface area contributed by atoms with Gasteiger partial charge in [0, 0.05) is 5.39 Å². The van der Waals surface area contributed by atoms with E-state index in [-0.39, 0.29) is 0 Å². The van der Waals surface area contributed by atoms with Gasteiger partial charge >= 0.3 is 0 Å². The highest BCUT2D eigenvalue weighted by Crippen LogP contribution is 2.39. The van der Waals surface area contributed by atoms with Gasteiger partial charge in [-0.2, -0.15) is 0 Å². The highest BCUT2D eigenvalue weighted by atomic mass is 28.3. The van der Waals surface area contributed by atoms with Crippen molar-refractivity contribution in [3.8, 4) is 17.1 Å². The predicted octanol–water partition coefficient (Wildman–Crippen LogP) is 8.23. The Morgan fingerprint density at radius 3 is 2.15 bits per heavy atom. The van der Waals surface area contributed by atoms with Crippen molar-refractivity contribution in [1.29, 1.82) is 0 Å².